The van der Waals surface area contributed by atoms with Crippen LogP contribution >= 0.6 is 0 Å². The smallest absolute Gasteiger partial charge is 0.272 e. The van der Waals surface area contributed by atoms with Gasteiger partial charge in [-0.3, -0.25) is 9.59 Å². The molecule has 0 saturated carbocycles. The summed E-state index contributed by atoms with van der Waals surface area (Å²) in [4.78, 5) is 33.6. The number of aromatic nitrogens is 2. The summed E-state index contributed by atoms with van der Waals surface area (Å²) >= 11 is 0. The van der Waals surface area contributed by atoms with E-state index in [4.69, 9.17) is 0 Å². The van der Waals surface area contributed by atoms with Crippen molar-refractivity contribution < 1.29 is 18.4 Å². The van der Waals surface area contributed by atoms with Gasteiger partial charge in [-0.1, -0.05) is 0 Å². The Morgan fingerprint density at radius 2 is 2.00 bits per heavy atom. The Hall–Kier alpha value is -2.81. The highest BCUT2D eigenvalue weighted by molar-refractivity contribution is 5.98. The second-order valence-electron chi connectivity index (χ2n) is 8.16. The average Bonchev–Trinajstić information content (AvgIpc) is 3.07. The van der Waals surface area contributed by atoms with Gasteiger partial charge < -0.3 is 19.7 Å². The molecule has 1 N–H and O–H groups in total. The van der Waals surface area contributed by atoms with Crippen molar-refractivity contribution in [3.8, 4) is 11.4 Å². The molecule has 2 aromatic rings. The molecular formula is C21H25F2N5O2. The van der Waals surface area contributed by atoms with E-state index in [2.05, 4.69) is 15.2 Å². The zero-order valence-corrected chi connectivity index (χ0v) is 17.3. The standard InChI is InChI=1S/C21H25F2N5O2/c1-12-9-16(21(30)27(12)3)24-20(29)18-17-11-26(2)7-4-8-28(17)19(25-18)14-10-13(22)5-6-15(14)23/h5-6,10,12,16H,4,7-9,11H2,1-3H3,(H,24,29)/t12?,16-/m0/s1. The second kappa shape index (κ2) is 7.79. The van der Waals surface area contributed by atoms with Crippen molar-refractivity contribution in [1.82, 2.24) is 24.7 Å². The predicted octanol–water partition coefficient (Wildman–Crippen LogP) is 2.01. The molecule has 2 atom stereocenters. The summed E-state index contributed by atoms with van der Waals surface area (Å²) < 4.78 is 30.1. The third-order valence-corrected chi connectivity index (χ3v) is 5.99. The molecule has 0 aliphatic carbocycles. The normalized spacial score (nSPS) is 22.2. The van der Waals surface area contributed by atoms with Crippen LogP contribution in [0.25, 0.3) is 11.4 Å². The number of nitrogens with one attached hydrogen (secondary N) is 1. The van der Waals surface area contributed by atoms with Gasteiger partial charge in [0.2, 0.25) is 5.91 Å². The van der Waals surface area contributed by atoms with Gasteiger partial charge in [-0.2, -0.15) is 0 Å². The highest BCUT2D eigenvalue weighted by atomic mass is 19.1. The predicted molar refractivity (Wildman–Crippen MR) is 107 cm³/mol. The summed E-state index contributed by atoms with van der Waals surface area (Å²) in [6, 6.07) is 2.62. The monoisotopic (exact) mass is 417 g/mol. The number of amides is 2. The molecule has 0 radical (unpaired) electrons. The summed E-state index contributed by atoms with van der Waals surface area (Å²) in [6.45, 7) is 3.71. The number of carbonyl (C=O) groups excluding carboxylic acids is 2. The van der Waals surface area contributed by atoms with Crippen molar-refractivity contribution >= 4 is 11.8 Å². The van der Waals surface area contributed by atoms with E-state index in [1.165, 1.54) is 0 Å². The van der Waals surface area contributed by atoms with Crippen LogP contribution in [0.2, 0.25) is 0 Å². The Kier molecular flexibility index (Phi) is 5.31. The molecule has 2 aliphatic heterocycles. The fraction of sp³-hybridized carbons (Fsp3) is 0.476. The molecule has 9 heteroatoms. The lowest BCUT2D eigenvalue weighted by Gasteiger charge is -2.15. The summed E-state index contributed by atoms with van der Waals surface area (Å²) in [5.41, 5.74) is 0.806. The number of imidazole rings is 1. The summed E-state index contributed by atoms with van der Waals surface area (Å²) in [5.74, 6) is -1.57. The molecule has 30 heavy (non-hydrogen) atoms. The van der Waals surface area contributed by atoms with Crippen LogP contribution in [0.3, 0.4) is 0 Å². The molecule has 3 heterocycles. The first-order chi connectivity index (χ1) is 14.3. The number of likely N-dealkylation sites (N-methyl/N-ethyl adjacent to an activating group) is 1. The maximum Gasteiger partial charge on any atom is 0.272 e. The number of hydrogen-bond donors (Lipinski definition) is 1. The maximum atomic E-state index is 14.5. The third kappa shape index (κ3) is 3.58. The number of benzene rings is 1. The molecule has 4 rings (SSSR count). The highest BCUT2D eigenvalue weighted by Gasteiger charge is 2.37. The second-order valence-corrected chi connectivity index (χ2v) is 8.16. The van der Waals surface area contributed by atoms with E-state index in [0.717, 1.165) is 31.2 Å². The number of fused-ring (bicyclic) bond motifs is 1. The van der Waals surface area contributed by atoms with Gasteiger partial charge in [0.1, 0.15) is 23.5 Å². The molecule has 1 fully saturated rings. The molecule has 1 aromatic carbocycles. The fourth-order valence-electron chi connectivity index (χ4n) is 4.19. The first kappa shape index (κ1) is 20.5. The van der Waals surface area contributed by atoms with Gasteiger partial charge in [0.15, 0.2) is 5.69 Å². The summed E-state index contributed by atoms with van der Waals surface area (Å²) in [6.07, 6.45) is 1.30. The van der Waals surface area contributed by atoms with E-state index < -0.39 is 23.6 Å². The van der Waals surface area contributed by atoms with Crippen LogP contribution in [-0.4, -0.2) is 63.9 Å². The van der Waals surface area contributed by atoms with Crippen LogP contribution in [0.5, 0.6) is 0 Å². The van der Waals surface area contributed by atoms with Crippen LogP contribution < -0.4 is 5.32 Å². The third-order valence-electron chi connectivity index (χ3n) is 5.99. The number of hydrogen-bond acceptors (Lipinski definition) is 4. The highest BCUT2D eigenvalue weighted by Crippen LogP contribution is 2.29. The first-order valence-electron chi connectivity index (χ1n) is 10.1. The van der Waals surface area contributed by atoms with E-state index in [1.807, 2.05) is 14.0 Å². The van der Waals surface area contributed by atoms with Crippen molar-refractivity contribution in [1.29, 1.82) is 0 Å². The quantitative estimate of drug-likeness (QED) is 0.830. The van der Waals surface area contributed by atoms with E-state index in [1.54, 1.807) is 16.5 Å². The number of nitrogens with zero attached hydrogens (tertiary/aromatic N) is 4. The van der Waals surface area contributed by atoms with Gasteiger partial charge in [0.05, 0.1) is 11.3 Å². The van der Waals surface area contributed by atoms with Gasteiger partial charge in [0.25, 0.3) is 5.91 Å². The van der Waals surface area contributed by atoms with Crippen molar-refractivity contribution in [2.45, 2.75) is 44.9 Å². The zero-order chi connectivity index (χ0) is 21.6. The number of rotatable bonds is 3. The molecule has 160 valence electrons. The number of likely N-dealkylation sites (tertiary alicyclic amines) is 1. The Bertz CT molecular complexity index is 1010. The van der Waals surface area contributed by atoms with E-state index in [9.17, 15) is 18.4 Å². The van der Waals surface area contributed by atoms with E-state index >= 15 is 0 Å². The van der Waals surface area contributed by atoms with Crippen LogP contribution in [0.4, 0.5) is 8.78 Å². The lowest BCUT2D eigenvalue weighted by Crippen LogP contribution is -2.41. The minimum Gasteiger partial charge on any atom is -0.341 e. The molecule has 1 aromatic heterocycles. The summed E-state index contributed by atoms with van der Waals surface area (Å²) in [5, 5.41) is 2.79. The topological polar surface area (TPSA) is 70.5 Å². The minimum absolute atomic E-state index is 0.0187. The lowest BCUT2D eigenvalue weighted by molar-refractivity contribution is -0.128. The van der Waals surface area contributed by atoms with E-state index in [0.29, 0.717) is 25.2 Å². The lowest BCUT2D eigenvalue weighted by atomic mass is 10.2. The Labute approximate surface area is 173 Å². The Balaban J connectivity index is 1.74. The van der Waals surface area contributed by atoms with Gasteiger partial charge >= 0.3 is 0 Å². The van der Waals surface area contributed by atoms with Crippen molar-refractivity contribution in [2.24, 2.45) is 0 Å². The molecule has 2 amide bonds. The molecule has 1 unspecified atom stereocenters. The number of carbonyl (C=O) groups is 2. The first-order valence-corrected chi connectivity index (χ1v) is 10.1. The van der Waals surface area contributed by atoms with Crippen LogP contribution in [-0.2, 0) is 17.9 Å². The van der Waals surface area contributed by atoms with Gasteiger partial charge in [0, 0.05) is 26.2 Å². The summed E-state index contributed by atoms with van der Waals surface area (Å²) in [7, 11) is 3.64. The molecule has 0 spiro atoms. The Morgan fingerprint density at radius 3 is 2.70 bits per heavy atom. The van der Waals surface area contributed by atoms with Crippen LogP contribution in [0.1, 0.15) is 35.9 Å². The Morgan fingerprint density at radius 1 is 1.23 bits per heavy atom. The molecule has 7 nitrogen and oxygen atoms in total. The maximum absolute atomic E-state index is 14.5. The zero-order valence-electron chi connectivity index (χ0n) is 17.3. The molecule has 0 bridgehead atoms. The molecule has 2 aliphatic rings. The van der Waals surface area contributed by atoms with Crippen molar-refractivity contribution in [2.75, 3.05) is 20.6 Å². The van der Waals surface area contributed by atoms with Crippen LogP contribution in [0.15, 0.2) is 18.2 Å². The minimum atomic E-state index is -0.618. The molecule has 1 saturated heterocycles. The van der Waals surface area contributed by atoms with Gasteiger partial charge in [-0.15, -0.1) is 0 Å². The van der Waals surface area contributed by atoms with Crippen LogP contribution in [0, 0.1) is 11.6 Å². The van der Waals surface area contributed by atoms with Crippen molar-refractivity contribution in [3.05, 3.63) is 41.2 Å². The largest absolute Gasteiger partial charge is 0.341 e. The molecular weight excluding hydrogens is 392 g/mol. The number of halogens is 2. The fourth-order valence-corrected chi connectivity index (χ4v) is 4.19. The average molecular weight is 417 g/mol. The van der Waals surface area contributed by atoms with E-state index in [-0.39, 0.29) is 29.0 Å². The van der Waals surface area contributed by atoms with Crippen molar-refractivity contribution in [3.63, 3.8) is 0 Å². The van der Waals surface area contributed by atoms with Gasteiger partial charge in [-0.25, -0.2) is 13.8 Å². The SMILES string of the molecule is CC1C[C@H](NC(=O)c2nc(-c3cc(F)ccc3F)n3c2CN(C)CCC3)C(=O)N1C. The van der Waals surface area contributed by atoms with Gasteiger partial charge in [-0.05, 0) is 51.6 Å².